The van der Waals surface area contributed by atoms with Crippen LogP contribution in [0.25, 0.3) is 0 Å². The zero-order valence-corrected chi connectivity index (χ0v) is 15.8. The fourth-order valence-electron chi connectivity index (χ4n) is 3.07. The van der Waals surface area contributed by atoms with Gasteiger partial charge in [0, 0.05) is 23.8 Å². The van der Waals surface area contributed by atoms with Crippen LogP contribution in [-0.2, 0) is 4.79 Å². The van der Waals surface area contributed by atoms with Crippen LogP contribution in [0.15, 0.2) is 48.5 Å². The molecule has 0 bridgehead atoms. The highest BCUT2D eigenvalue weighted by Gasteiger charge is 2.16. The van der Waals surface area contributed by atoms with E-state index in [4.69, 9.17) is 11.6 Å². The number of rotatable bonds is 5. The highest BCUT2D eigenvalue weighted by molar-refractivity contribution is 6.31. The van der Waals surface area contributed by atoms with Crippen LogP contribution in [0.5, 0.6) is 0 Å². The third-order valence-electron chi connectivity index (χ3n) is 4.37. The van der Waals surface area contributed by atoms with Crippen LogP contribution in [0.3, 0.4) is 0 Å². The smallest absolute Gasteiger partial charge is 0.319 e. The average molecular weight is 387 g/mol. The molecule has 6 nitrogen and oxygen atoms in total. The molecule has 2 aromatic rings. The molecule has 3 amide bonds. The van der Waals surface area contributed by atoms with Gasteiger partial charge in [0.15, 0.2) is 0 Å². The third-order valence-corrected chi connectivity index (χ3v) is 4.61. The van der Waals surface area contributed by atoms with E-state index < -0.39 is 6.03 Å². The number of nitrogens with one attached hydrogen (secondary N) is 3. The summed E-state index contributed by atoms with van der Waals surface area (Å²) < 4.78 is 0. The Morgan fingerprint density at radius 3 is 2.44 bits per heavy atom. The second kappa shape index (κ2) is 9.28. The number of para-hydroxylation sites is 1. The molecule has 0 aliphatic carbocycles. The molecule has 0 aromatic heterocycles. The first-order valence-electron chi connectivity index (χ1n) is 9.06. The lowest BCUT2D eigenvalue weighted by Gasteiger charge is -2.30. The lowest BCUT2D eigenvalue weighted by Crippen LogP contribution is -2.36. The van der Waals surface area contributed by atoms with E-state index >= 15 is 0 Å². The van der Waals surface area contributed by atoms with E-state index in [1.54, 1.807) is 18.2 Å². The van der Waals surface area contributed by atoms with Gasteiger partial charge in [-0.05, 0) is 49.6 Å². The Balaban J connectivity index is 1.57. The fourth-order valence-corrected chi connectivity index (χ4v) is 3.24. The van der Waals surface area contributed by atoms with Gasteiger partial charge < -0.3 is 20.9 Å². The Hall–Kier alpha value is -2.73. The van der Waals surface area contributed by atoms with Crippen molar-refractivity contribution in [2.75, 3.05) is 35.2 Å². The Morgan fingerprint density at radius 2 is 1.70 bits per heavy atom. The molecule has 0 spiro atoms. The van der Waals surface area contributed by atoms with Gasteiger partial charge in [0.05, 0.1) is 17.9 Å². The molecule has 27 heavy (non-hydrogen) atoms. The topological polar surface area (TPSA) is 73.5 Å². The monoisotopic (exact) mass is 386 g/mol. The fraction of sp³-hybridized carbons (Fsp3) is 0.300. The lowest BCUT2D eigenvalue weighted by atomic mass is 10.1. The van der Waals surface area contributed by atoms with E-state index in [1.807, 2.05) is 30.3 Å². The van der Waals surface area contributed by atoms with Crippen molar-refractivity contribution in [3.8, 4) is 0 Å². The summed E-state index contributed by atoms with van der Waals surface area (Å²) in [6.45, 7) is 1.79. The standard InChI is InChI=1S/C20H23ClN4O2/c21-15-9-10-18(25-11-5-2-6-12-25)17(13-15)24-19(26)14-22-20(27)23-16-7-3-1-4-8-16/h1,3-4,7-10,13H,2,5-6,11-12,14H2,(H,24,26)(H2,22,23,27). The molecule has 1 aliphatic heterocycles. The van der Waals surface area contributed by atoms with E-state index in [0.717, 1.165) is 31.6 Å². The molecule has 3 rings (SSSR count). The molecule has 2 aromatic carbocycles. The normalized spacial score (nSPS) is 13.7. The van der Waals surface area contributed by atoms with Crippen molar-refractivity contribution < 1.29 is 9.59 Å². The van der Waals surface area contributed by atoms with E-state index in [9.17, 15) is 9.59 Å². The SMILES string of the molecule is O=C(CNC(=O)Nc1ccccc1)Nc1cc(Cl)ccc1N1CCCCC1. The molecule has 1 fully saturated rings. The average Bonchev–Trinajstić information content (AvgIpc) is 2.68. The van der Waals surface area contributed by atoms with Crippen LogP contribution in [0, 0.1) is 0 Å². The summed E-state index contributed by atoms with van der Waals surface area (Å²) in [5.41, 5.74) is 2.29. The van der Waals surface area contributed by atoms with Gasteiger partial charge in [0.25, 0.3) is 0 Å². The zero-order valence-electron chi connectivity index (χ0n) is 15.0. The van der Waals surface area contributed by atoms with Gasteiger partial charge >= 0.3 is 6.03 Å². The first-order valence-corrected chi connectivity index (χ1v) is 9.44. The van der Waals surface area contributed by atoms with E-state index in [0.29, 0.717) is 16.4 Å². The first kappa shape index (κ1) is 19.0. The quantitative estimate of drug-likeness (QED) is 0.724. The summed E-state index contributed by atoms with van der Waals surface area (Å²) in [6, 6.07) is 14.1. The molecule has 0 atom stereocenters. The van der Waals surface area contributed by atoms with Crippen molar-refractivity contribution in [3.05, 3.63) is 53.6 Å². The Kier molecular flexibility index (Phi) is 6.54. The van der Waals surface area contributed by atoms with Crippen LogP contribution in [0.1, 0.15) is 19.3 Å². The van der Waals surface area contributed by atoms with Gasteiger partial charge in [-0.15, -0.1) is 0 Å². The molecule has 7 heteroatoms. The Bertz CT molecular complexity index is 792. The first-order chi connectivity index (χ1) is 13.1. The minimum Gasteiger partial charge on any atom is -0.370 e. The molecule has 1 heterocycles. The summed E-state index contributed by atoms with van der Waals surface area (Å²) in [5.74, 6) is -0.307. The largest absolute Gasteiger partial charge is 0.370 e. The number of carbonyl (C=O) groups excluding carboxylic acids is 2. The summed E-state index contributed by atoms with van der Waals surface area (Å²) >= 11 is 6.11. The highest BCUT2D eigenvalue weighted by atomic mass is 35.5. The zero-order chi connectivity index (χ0) is 19.1. The van der Waals surface area contributed by atoms with Crippen LogP contribution in [-0.4, -0.2) is 31.6 Å². The predicted molar refractivity (Wildman–Crippen MR) is 110 cm³/mol. The molecule has 3 N–H and O–H groups in total. The summed E-state index contributed by atoms with van der Waals surface area (Å²) in [4.78, 5) is 26.5. The van der Waals surface area contributed by atoms with Gasteiger partial charge in [0.1, 0.15) is 0 Å². The van der Waals surface area contributed by atoms with Crippen LogP contribution in [0.2, 0.25) is 5.02 Å². The molecular formula is C20H23ClN4O2. The molecule has 1 saturated heterocycles. The molecular weight excluding hydrogens is 364 g/mol. The number of benzene rings is 2. The van der Waals surface area contributed by atoms with Gasteiger partial charge in [-0.2, -0.15) is 0 Å². The molecule has 142 valence electrons. The van der Waals surface area contributed by atoms with Crippen LogP contribution in [0.4, 0.5) is 21.9 Å². The van der Waals surface area contributed by atoms with E-state index in [1.165, 1.54) is 6.42 Å². The number of carbonyl (C=O) groups is 2. The maximum atomic E-state index is 12.3. The second-order valence-corrected chi connectivity index (χ2v) is 6.87. The number of piperidine rings is 1. The summed E-state index contributed by atoms with van der Waals surface area (Å²) in [6.07, 6.45) is 3.50. The number of amides is 3. The molecule has 0 unspecified atom stereocenters. The van der Waals surface area contributed by atoms with Crippen molar-refractivity contribution >= 4 is 40.6 Å². The molecule has 0 radical (unpaired) electrons. The van der Waals surface area contributed by atoms with E-state index in [-0.39, 0.29) is 12.5 Å². The number of hydrogen-bond donors (Lipinski definition) is 3. The number of urea groups is 1. The number of halogens is 1. The summed E-state index contributed by atoms with van der Waals surface area (Å²) in [5, 5.41) is 8.65. The maximum Gasteiger partial charge on any atom is 0.319 e. The van der Waals surface area contributed by atoms with Crippen LogP contribution >= 0.6 is 11.6 Å². The van der Waals surface area contributed by atoms with Gasteiger partial charge in [-0.25, -0.2) is 4.79 Å². The van der Waals surface area contributed by atoms with Crippen molar-refractivity contribution in [3.63, 3.8) is 0 Å². The van der Waals surface area contributed by atoms with Gasteiger partial charge in [-0.1, -0.05) is 29.8 Å². The highest BCUT2D eigenvalue weighted by Crippen LogP contribution is 2.31. The van der Waals surface area contributed by atoms with Gasteiger partial charge in [-0.3, -0.25) is 4.79 Å². The van der Waals surface area contributed by atoms with Crippen molar-refractivity contribution in [2.24, 2.45) is 0 Å². The summed E-state index contributed by atoms with van der Waals surface area (Å²) in [7, 11) is 0. The van der Waals surface area contributed by atoms with Crippen molar-refractivity contribution in [2.45, 2.75) is 19.3 Å². The molecule has 1 aliphatic rings. The predicted octanol–water partition coefficient (Wildman–Crippen LogP) is 4.09. The van der Waals surface area contributed by atoms with Gasteiger partial charge in [0.2, 0.25) is 5.91 Å². The van der Waals surface area contributed by atoms with Crippen molar-refractivity contribution in [1.29, 1.82) is 0 Å². The number of hydrogen-bond acceptors (Lipinski definition) is 3. The van der Waals surface area contributed by atoms with Crippen LogP contribution < -0.4 is 20.9 Å². The van der Waals surface area contributed by atoms with Crippen molar-refractivity contribution in [1.82, 2.24) is 5.32 Å². The second-order valence-electron chi connectivity index (χ2n) is 6.43. The minimum absolute atomic E-state index is 0.134. The number of anilines is 3. The minimum atomic E-state index is -0.432. The molecule has 0 saturated carbocycles. The Labute approximate surface area is 163 Å². The lowest BCUT2D eigenvalue weighted by molar-refractivity contribution is -0.115. The Morgan fingerprint density at radius 1 is 0.963 bits per heavy atom. The van der Waals surface area contributed by atoms with E-state index in [2.05, 4.69) is 20.9 Å². The number of nitrogens with zero attached hydrogens (tertiary/aromatic N) is 1. The third kappa shape index (κ3) is 5.62. The maximum absolute atomic E-state index is 12.3.